The summed E-state index contributed by atoms with van der Waals surface area (Å²) >= 11 is 0. The quantitative estimate of drug-likeness (QED) is 0.242. The van der Waals surface area contributed by atoms with Crippen molar-refractivity contribution in [1.82, 2.24) is 15.1 Å². The number of carbonyl (C=O) groups is 3. The van der Waals surface area contributed by atoms with E-state index in [1.165, 1.54) is 53.6 Å². The highest BCUT2D eigenvalue weighted by Gasteiger charge is 2.48. The van der Waals surface area contributed by atoms with Crippen LogP contribution in [0.25, 0.3) is 0 Å². The number of hydrogen-bond acceptors (Lipinski definition) is 6. The van der Waals surface area contributed by atoms with Gasteiger partial charge in [0.05, 0.1) is 11.1 Å². The number of alkyl halides is 3. The Balaban J connectivity index is 0.000000381. The lowest BCUT2D eigenvalue weighted by Gasteiger charge is -2.35. The van der Waals surface area contributed by atoms with Crippen LogP contribution >= 0.6 is 0 Å². The number of rotatable bonds is 6. The topological polar surface area (TPSA) is 107 Å². The van der Waals surface area contributed by atoms with Crippen molar-refractivity contribution in [3.8, 4) is 0 Å². The number of carboxylic acid groups (broad SMARTS) is 1. The predicted octanol–water partition coefficient (Wildman–Crippen LogP) is 6.84. The van der Waals surface area contributed by atoms with Crippen LogP contribution in [0.15, 0.2) is 97.1 Å². The molecule has 1 saturated heterocycles. The predicted molar refractivity (Wildman–Crippen MR) is 173 cm³/mol. The van der Waals surface area contributed by atoms with Crippen molar-refractivity contribution in [2.75, 3.05) is 36.0 Å². The number of anilines is 2. The fourth-order valence-electron chi connectivity index (χ4n) is 5.98. The molecule has 3 fully saturated rings. The molecule has 12 heteroatoms. The summed E-state index contributed by atoms with van der Waals surface area (Å²) in [7, 11) is 0. The Morgan fingerprint density at radius 2 is 1.35 bits per heavy atom. The zero-order chi connectivity index (χ0) is 33.8. The van der Waals surface area contributed by atoms with Crippen LogP contribution in [0.5, 0.6) is 0 Å². The molecule has 3 aromatic carbocycles. The summed E-state index contributed by atoms with van der Waals surface area (Å²) in [5.74, 6) is -0.585. The Bertz CT molecular complexity index is 1740. The molecular weight excluding hydrogens is 623 g/mol. The molecule has 2 saturated carbocycles. The second-order valence-corrected chi connectivity index (χ2v) is 12.1. The van der Waals surface area contributed by atoms with Gasteiger partial charge in [0.2, 0.25) is 5.91 Å². The molecule has 0 radical (unpaired) electrons. The maximum atomic E-state index is 13.3. The average Bonchev–Trinajstić information content (AvgIpc) is 4.04. The summed E-state index contributed by atoms with van der Waals surface area (Å²) < 4.78 is 40.0. The lowest BCUT2D eigenvalue weighted by atomic mass is 10.1. The summed E-state index contributed by atoms with van der Waals surface area (Å²) in [5.41, 5.74) is 1.13. The van der Waals surface area contributed by atoms with Crippen molar-refractivity contribution < 1.29 is 32.7 Å². The van der Waals surface area contributed by atoms with Crippen LogP contribution in [0.4, 0.5) is 29.6 Å². The summed E-state index contributed by atoms with van der Waals surface area (Å²) in [6.45, 7) is 0.903. The number of piperazine rings is 1. The second-order valence-electron chi connectivity index (χ2n) is 12.1. The Morgan fingerprint density at radius 1 is 0.750 bits per heavy atom. The fourth-order valence-corrected chi connectivity index (χ4v) is 5.98. The minimum Gasteiger partial charge on any atom is -0.464 e. The molecular formula is C36H34F3N5O4. The third-order valence-electron chi connectivity index (χ3n) is 8.81. The van der Waals surface area contributed by atoms with Gasteiger partial charge in [0.1, 0.15) is 0 Å². The molecule has 1 N–H and O–H groups in total. The molecule has 3 amide bonds. The van der Waals surface area contributed by atoms with E-state index in [9.17, 15) is 32.7 Å². The van der Waals surface area contributed by atoms with Gasteiger partial charge in [-0.25, -0.2) is 4.79 Å². The first-order chi connectivity index (χ1) is 23.1. The molecule has 3 aliphatic rings. The van der Waals surface area contributed by atoms with Gasteiger partial charge in [-0.05, 0) is 66.5 Å². The molecule has 1 aliphatic heterocycles. The van der Waals surface area contributed by atoms with Crippen LogP contribution in [0.3, 0.4) is 0 Å². The Kier molecular flexibility index (Phi) is 9.42. The summed E-state index contributed by atoms with van der Waals surface area (Å²) in [6, 6.07) is 27.8. The fraction of sp³-hybridized carbons (Fsp3) is 0.306. The van der Waals surface area contributed by atoms with E-state index in [0.29, 0.717) is 17.1 Å². The lowest BCUT2D eigenvalue weighted by Crippen LogP contribution is -2.49. The Labute approximate surface area is 275 Å². The van der Waals surface area contributed by atoms with Crippen LogP contribution in [-0.4, -0.2) is 64.3 Å². The molecule has 0 bridgehead atoms. The van der Waals surface area contributed by atoms with E-state index in [2.05, 4.69) is 40.5 Å². The van der Waals surface area contributed by atoms with E-state index in [4.69, 9.17) is 0 Å². The van der Waals surface area contributed by atoms with E-state index < -0.39 is 41.1 Å². The Hall–Kier alpha value is -5.26. The Morgan fingerprint density at radius 3 is 1.92 bits per heavy atom. The maximum absolute atomic E-state index is 13.3. The van der Waals surface area contributed by atoms with Gasteiger partial charge < -0.3 is 14.9 Å². The van der Waals surface area contributed by atoms with Crippen molar-refractivity contribution in [2.24, 2.45) is 5.92 Å². The van der Waals surface area contributed by atoms with E-state index in [0.717, 1.165) is 17.5 Å². The van der Waals surface area contributed by atoms with E-state index in [1.807, 2.05) is 30.3 Å². The molecule has 2 atom stereocenters. The highest BCUT2D eigenvalue weighted by Crippen LogP contribution is 2.48. The van der Waals surface area contributed by atoms with Crippen molar-refractivity contribution in [3.05, 3.63) is 119 Å². The molecule has 4 aromatic rings. The van der Waals surface area contributed by atoms with Gasteiger partial charge in [-0.1, -0.05) is 72.8 Å². The van der Waals surface area contributed by atoms with E-state index in [1.54, 1.807) is 4.90 Å². The second kappa shape index (κ2) is 13.8. The minimum atomic E-state index is -4.64. The monoisotopic (exact) mass is 657 g/mol. The third-order valence-corrected chi connectivity index (χ3v) is 8.81. The van der Waals surface area contributed by atoms with Gasteiger partial charge in [0.25, 0.3) is 5.91 Å². The number of benzene rings is 3. The van der Waals surface area contributed by atoms with Crippen molar-refractivity contribution in [3.63, 3.8) is 0 Å². The van der Waals surface area contributed by atoms with Crippen LogP contribution < -0.4 is 9.80 Å². The lowest BCUT2D eigenvalue weighted by molar-refractivity contribution is -0.138. The first kappa shape index (κ1) is 32.7. The number of hydrogen-bond donors (Lipinski definition) is 1. The smallest absolute Gasteiger partial charge is 0.420 e. The van der Waals surface area contributed by atoms with Gasteiger partial charge in [0.15, 0.2) is 11.6 Å². The maximum Gasteiger partial charge on any atom is 0.420 e. The average molecular weight is 658 g/mol. The number of halogens is 3. The standard InChI is InChI=1S/C27H24F3N5O4.C9H10/c28-27(29,30)21-9-5-4-8-18(21)24(36)34-14-12-33(13-15-34)22-10-11-23(32-31-22)35(26(38)39)25(37)20-16-19(20)17-6-2-1-3-7-17;1-2-4-8(5-3-1)9-6-7-9/h1-11,19-20H,12-16H2,(H,38,39);1-5,9H,6-7H2. The molecule has 9 nitrogen and oxygen atoms in total. The molecule has 7 rings (SSSR count). The van der Waals surface area contributed by atoms with Gasteiger partial charge in [-0.2, -0.15) is 18.1 Å². The number of aromatic nitrogens is 2. The van der Waals surface area contributed by atoms with Gasteiger partial charge in [0, 0.05) is 32.1 Å². The molecule has 2 aliphatic carbocycles. The third kappa shape index (κ3) is 7.48. The summed E-state index contributed by atoms with van der Waals surface area (Å²) in [5, 5.41) is 17.8. The van der Waals surface area contributed by atoms with Crippen LogP contribution in [0.1, 0.15) is 58.1 Å². The molecule has 248 valence electrons. The number of nitrogens with zero attached hydrogens (tertiary/aromatic N) is 5. The van der Waals surface area contributed by atoms with Gasteiger partial charge >= 0.3 is 12.3 Å². The largest absolute Gasteiger partial charge is 0.464 e. The van der Waals surface area contributed by atoms with Crippen LogP contribution in [0, 0.1) is 5.92 Å². The van der Waals surface area contributed by atoms with Crippen molar-refractivity contribution in [1.29, 1.82) is 0 Å². The minimum absolute atomic E-state index is 0.0464. The first-order valence-electron chi connectivity index (χ1n) is 15.8. The molecule has 1 aromatic heterocycles. The number of carbonyl (C=O) groups excluding carboxylic acids is 2. The zero-order valence-corrected chi connectivity index (χ0v) is 26.0. The zero-order valence-electron chi connectivity index (χ0n) is 26.0. The van der Waals surface area contributed by atoms with E-state index >= 15 is 0 Å². The van der Waals surface area contributed by atoms with Crippen molar-refractivity contribution in [2.45, 2.75) is 37.3 Å². The van der Waals surface area contributed by atoms with Crippen molar-refractivity contribution >= 4 is 29.5 Å². The molecule has 48 heavy (non-hydrogen) atoms. The summed E-state index contributed by atoms with van der Waals surface area (Å²) in [6.07, 6.45) is -2.73. The number of imide groups is 1. The van der Waals surface area contributed by atoms with Gasteiger partial charge in [-0.15, -0.1) is 10.2 Å². The molecule has 2 unspecified atom stereocenters. The highest BCUT2D eigenvalue weighted by molar-refractivity contribution is 6.12. The SMILES string of the molecule is O=C(c1ccccc1C(F)(F)F)N1CCN(c2ccc(N(C(=O)O)C(=O)C3CC3c3ccccc3)nn2)CC1.c1ccc(C2CC2)cc1. The number of amides is 3. The molecule has 2 heterocycles. The molecule has 0 spiro atoms. The van der Waals surface area contributed by atoms with Crippen LogP contribution in [-0.2, 0) is 11.0 Å². The van der Waals surface area contributed by atoms with E-state index in [-0.39, 0.29) is 37.9 Å². The first-order valence-corrected chi connectivity index (χ1v) is 15.8. The van der Waals surface area contributed by atoms with Gasteiger partial charge in [-0.3, -0.25) is 9.59 Å². The summed E-state index contributed by atoms with van der Waals surface area (Å²) in [4.78, 5) is 41.5. The van der Waals surface area contributed by atoms with Crippen LogP contribution in [0.2, 0.25) is 0 Å². The highest BCUT2D eigenvalue weighted by atomic mass is 19.4. The normalized spacial score (nSPS) is 18.7.